The fourth-order valence-corrected chi connectivity index (χ4v) is 4.03. The van der Waals surface area contributed by atoms with Crippen molar-refractivity contribution in [3.63, 3.8) is 0 Å². The van der Waals surface area contributed by atoms with Crippen molar-refractivity contribution >= 4 is 21.6 Å². The van der Waals surface area contributed by atoms with Crippen LogP contribution in [0, 0.1) is 0 Å². The molecule has 1 amide bonds. The number of sulfonamides is 1. The van der Waals surface area contributed by atoms with E-state index >= 15 is 0 Å². The van der Waals surface area contributed by atoms with E-state index in [1.807, 2.05) is 6.92 Å². The Morgan fingerprint density at radius 1 is 1.21 bits per heavy atom. The van der Waals surface area contributed by atoms with E-state index in [1.54, 1.807) is 36.4 Å². The van der Waals surface area contributed by atoms with Crippen molar-refractivity contribution in [2.75, 3.05) is 25.1 Å². The summed E-state index contributed by atoms with van der Waals surface area (Å²) in [6, 6.07) is 13.0. The van der Waals surface area contributed by atoms with Gasteiger partial charge in [-0.25, -0.2) is 13.1 Å². The van der Waals surface area contributed by atoms with Crippen LogP contribution < -0.4 is 14.8 Å². The van der Waals surface area contributed by atoms with Crippen molar-refractivity contribution in [2.24, 2.45) is 0 Å². The average molecular weight is 419 g/mol. The van der Waals surface area contributed by atoms with E-state index in [2.05, 4.69) is 10.0 Å². The molecule has 1 atom stereocenters. The highest BCUT2D eigenvalue weighted by Crippen LogP contribution is 2.18. The molecule has 0 saturated carbocycles. The van der Waals surface area contributed by atoms with E-state index < -0.39 is 10.0 Å². The Balaban J connectivity index is 1.60. The molecule has 0 spiro atoms. The third-order valence-electron chi connectivity index (χ3n) is 4.52. The van der Waals surface area contributed by atoms with Crippen molar-refractivity contribution in [3.8, 4) is 5.75 Å². The molecule has 1 unspecified atom stereocenters. The number of hydrogen-bond donors (Lipinski definition) is 2. The molecule has 0 radical (unpaired) electrons. The van der Waals surface area contributed by atoms with Crippen LogP contribution in [-0.4, -0.2) is 40.2 Å². The van der Waals surface area contributed by atoms with E-state index in [9.17, 15) is 13.2 Å². The van der Waals surface area contributed by atoms with E-state index in [-0.39, 0.29) is 23.5 Å². The molecular formula is C21H26N2O5S. The monoisotopic (exact) mass is 418 g/mol. The zero-order chi connectivity index (χ0) is 20.7. The van der Waals surface area contributed by atoms with Gasteiger partial charge in [0.05, 0.1) is 17.6 Å². The fraction of sp³-hybridized carbons (Fsp3) is 0.381. The molecule has 0 aliphatic carbocycles. The third-order valence-corrected chi connectivity index (χ3v) is 5.96. The maximum Gasteiger partial charge on any atom is 0.255 e. The zero-order valence-corrected chi connectivity index (χ0v) is 17.2. The smallest absolute Gasteiger partial charge is 0.255 e. The van der Waals surface area contributed by atoms with E-state index in [0.717, 1.165) is 19.3 Å². The van der Waals surface area contributed by atoms with Gasteiger partial charge in [0.2, 0.25) is 10.0 Å². The zero-order valence-electron chi connectivity index (χ0n) is 16.4. The minimum Gasteiger partial charge on any atom is -0.494 e. The van der Waals surface area contributed by atoms with Crippen molar-refractivity contribution in [1.82, 2.24) is 4.72 Å². The van der Waals surface area contributed by atoms with Gasteiger partial charge in [0.15, 0.2) is 0 Å². The first-order valence-corrected chi connectivity index (χ1v) is 11.2. The van der Waals surface area contributed by atoms with Gasteiger partial charge in [0, 0.05) is 24.4 Å². The summed E-state index contributed by atoms with van der Waals surface area (Å²) >= 11 is 0. The minimum absolute atomic E-state index is 0.0691. The predicted molar refractivity (Wildman–Crippen MR) is 111 cm³/mol. The van der Waals surface area contributed by atoms with Crippen molar-refractivity contribution in [2.45, 2.75) is 37.2 Å². The highest BCUT2D eigenvalue weighted by Gasteiger charge is 2.20. The molecule has 1 aliphatic rings. The third kappa shape index (κ3) is 6.03. The normalized spacial score (nSPS) is 16.5. The molecular weight excluding hydrogens is 392 g/mol. The summed E-state index contributed by atoms with van der Waals surface area (Å²) < 4.78 is 38.4. The summed E-state index contributed by atoms with van der Waals surface area (Å²) in [7, 11) is -3.62. The van der Waals surface area contributed by atoms with Crippen LogP contribution in [0.3, 0.4) is 0 Å². The number of carbonyl (C=O) groups excluding carboxylic acids is 1. The summed E-state index contributed by atoms with van der Waals surface area (Å²) in [5.41, 5.74) is 0.974. The maximum absolute atomic E-state index is 12.5. The lowest BCUT2D eigenvalue weighted by molar-refractivity contribution is 0.102. The number of nitrogens with one attached hydrogen (secondary N) is 2. The first-order chi connectivity index (χ1) is 14.0. The Labute approximate surface area is 171 Å². The van der Waals surface area contributed by atoms with E-state index in [1.165, 1.54) is 12.1 Å². The Morgan fingerprint density at radius 3 is 2.69 bits per heavy atom. The quantitative estimate of drug-likeness (QED) is 0.652. The SMILES string of the molecule is CCCOc1cccc(C(=O)Nc2ccc(S(=O)(=O)NCC3CCCO3)cc2)c1. The predicted octanol–water partition coefficient (Wildman–Crippen LogP) is 3.19. The summed E-state index contributed by atoms with van der Waals surface area (Å²) in [5.74, 6) is 0.345. The van der Waals surface area contributed by atoms with Crippen LogP contribution in [0.15, 0.2) is 53.4 Å². The summed E-state index contributed by atoms with van der Waals surface area (Å²) in [6.45, 7) is 3.53. The van der Waals surface area contributed by atoms with Gasteiger partial charge in [-0.2, -0.15) is 0 Å². The lowest BCUT2D eigenvalue weighted by atomic mass is 10.2. The van der Waals surface area contributed by atoms with Gasteiger partial charge in [-0.05, 0) is 61.7 Å². The number of rotatable bonds is 9. The molecule has 1 heterocycles. The van der Waals surface area contributed by atoms with Crippen LogP contribution in [0.2, 0.25) is 0 Å². The fourth-order valence-electron chi connectivity index (χ4n) is 2.96. The second-order valence-electron chi connectivity index (χ2n) is 6.84. The molecule has 0 bridgehead atoms. The lowest BCUT2D eigenvalue weighted by Gasteiger charge is -2.12. The first-order valence-electron chi connectivity index (χ1n) is 9.73. The highest BCUT2D eigenvalue weighted by atomic mass is 32.2. The van der Waals surface area contributed by atoms with Crippen molar-refractivity contribution < 1.29 is 22.7 Å². The molecule has 2 N–H and O–H groups in total. The first kappa shape index (κ1) is 21.3. The Kier molecular flexibility index (Phi) is 7.24. The maximum atomic E-state index is 12.5. The van der Waals surface area contributed by atoms with Crippen LogP contribution in [0.4, 0.5) is 5.69 Å². The van der Waals surface area contributed by atoms with Gasteiger partial charge >= 0.3 is 0 Å². The molecule has 0 aromatic heterocycles. The van der Waals surface area contributed by atoms with Gasteiger partial charge < -0.3 is 14.8 Å². The second kappa shape index (κ2) is 9.87. The van der Waals surface area contributed by atoms with Crippen LogP contribution >= 0.6 is 0 Å². The minimum atomic E-state index is -3.62. The molecule has 29 heavy (non-hydrogen) atoms. The standard InChI is InChI=1S/C21H26N2O5S/c1-2-12-27-18-6-3-5-16(14-18)21(24)23-17-8-10-20(11-9-17)29(25,26)22-15-19-7-4-13-28-19/h3,5-6,8-11,14,19,22H,2,4,7,12-13,15H2,1H3,(H,23,24). The van der Waals surface area contributed by atoms with Crippen LogP contribution in [0.25, 0.3) is 0 Å². The Morgan fingerprint density at radius 2 is 2.00 bits per heavy atom. The van der Waals surface area contributed by atoms with E-state index in [4.69, 9.17) is 9.47 Å². The van der Waals surface area contributed by atoms with Crippen molar-refractivity contribution in [3.05, 3.63) is 54.1 Å². The molecule has 8 heteroatoms. The average Bonchev–Trinajstić information content (AvgIpc) is 3.25. The highest BCUT2D eigenvalue weighted by molar-refractivity contribution is 7.89. The Bertz CT molecular complexity index is 922. The summed E-state index contributed by atoms with van der Waals surface area (Å²) in [5, 5.41) is 2.77. The Hall–Kier alpha value is -2.42. The molecule has 1 fully saturated rings. The number of anilines is 1. The number of benzene rings is 2. The van der Waals surface area contributed by atoms with Crippen LogP contribution in [0.1, 0.15) is 36.5 Å². The van der Waals surface area contributed by atoms with Crippen LogP contribution in [-0.2, 0) is 14.8 Å². The molecule has 2 aromatic carbocycles. The molecule has 1 aliphatic heterocycles. The van der Waals surface area contributed by atoms with Gasteiger partial charge in [-0.1, -0.05) is 13.0 Å². The number of amides is 1. The van der Waals surface area contributed by atoms with Crippen LogP contribution in [0.5, 0.6) is 5.75 Å². The summed E-state index contributed by atoms with van der Waals surface area (Å²) in [6.07, 6.45) is 2.63. The van der Waals surface area contributed by atoms with Gasteiger partial charge in [-0.15, -0.1) is 0 Å². The summed E-state index contributed by atoms with van der Waals surface area (Å²) in [4.78, 5) is 12.6. The van der Waals surface area contributed by atoms with Gasteiger partial charge in [0.1, 0.15) is 5.75 Å². The molecule has 7 nitrogen and oxygen atoms in total. The molecule has 2 aromatic rings. The van der Waals surface area contributed by atoms with E-state index in [0.29, 0.717) is 30.2 Å². The lowest BCUT2D eigenvalue weighted by Crippen LogP contribution is -2.31. The molecule has 1 saturated heterocycles. The molecule has 156 valence electrons. The van der Waals surface area contributed by atoms with Crippen molar-refractivity contribution in [1.29, 1.82) is 0 Å². The topological polar surface area (TPSA) is 93.7 Å². The largest absolute Gasteiger partial charge is 0.494 e. The second-order valence-corrected chi connectivity index (χ2v) is 8.61. The number of ether oxygens (including phenoxy) is 2. The number of hydrogen-bond acceptors (Lipinski definition) is 5. The number of carbonyl (C=O) groups is 1. The van der Waals surface area contributed by atoms with Gasteiger partial charge in [-0.3, -0.25) is 4.79 Å². The molecule has 3 rings (SSSR count). The van der Waals surface area contributed by atoms with Gasteiger partial charge in [0.25, 0.3) is 5.91 Å².